The second kappa shape index (κ2) is 5.38. The first-order valence-electron chi connectivity index (χ1n) is 6.44. The zero-order chi connectivity index (χ0) is 13.1. The van der Waals surface area contributed by atoms with Gasteiger partial charge in [0.15, 0.2) is 0 Å². The van der Waals surface area contributed by atoms with Crippen molar-refractivity contribution in [3.63, 3.8) is 0 Å². The van der Waals surface area contributed by atoms with Crippen molar-refractivity contribution in [1.82, 2.24) is 5.32 Å². The number of carbonyl (C=O) groups is 1. The van der Waals surface area contributed by atoms with Crippen molar-refractivity contribution in [2.75, 3.05) is 5.73 Å². The largest absolute Gasteiger partial charge is 0.398 e. The van der Waals surface area contributed by atoms with Crippen LogP contribution in [-0.2, 0) is 0 Å². The number of nitrogens with two attached hydrogens (primary N) is 1. The molecule has 0 radical (unpaired) electrons. The Morgan fingerprint density at radius 3 is 2.78 bits per heavy atom. The van der Waals surface area contributed by atoms with Crippen LogP contribution >= 0.6 is 0 Å². The minimum atomic E-state index is -0.442. The van der Waals surface area contributed by atoms with E-state index in [1.807, 2.05) is 6.92 Å². The van der Waals surface area contributed by atoms with Crippen molar-refractivity contribution in [3.05, 3.63) is 29.6 Å². The third-order valence-corrected chi connectivity index (χ3v) is 3.73. The fourth-order valence-electron chi connectivity index (χ4n) is 2.58. The molecule has 1 aliphatic rings. The predicted octanol–water partition coefficient (Wildman–Crippen LogP) is 2.72. The lowest BCUT2D eigenvalue weighted by molar-refractivity contribution is 0.0927. The third-order valence-electron chi connectivity index (χ3n) is 3.73. The molecule has 3 nitrogen and oxygen atoms in total. The van der Waals surface area contributed by atoms with Gasteiger partial charge in [-0.25, -0.2) is 4.39 Å². The summed E-state index contributed by atoms with van der Waals surface area (Å²) < 4.78 is 13.1. The smallest absolute Gasteiger partial charge is 0.253 e. The summed E-state index contributed by atoms with van der Waals surface area (Å²) in [4.78, 5) is 12.0. The maximum absolute atomic E-state index is 13.1. The Labute approximate surface area is 107 Å². The van der Waals surface area contributed by atoms with Crippen molar-refractivity contribution in [2.24, 2.45) is 5.92 Å². The summed E-state index contributed by atoms with van der Waals surface area (Å²) in [7, 11) is 0. The Balaban J connectivity index is 2.04. The summed E-state index contributed by atoms with van der Waals surface area (Å²) >= 11 is 0. The van der Waals surface area contributed by atoms with Gasteiger partial charge in [-0.2, -0.15) is 0 Å². The maximum atomic E-state index is 13.1. The molecule has 1 aliphatic carbocycles. The molecular formula is C14H19FN2O. The van der Waals surface area contributed by atoms with Gasteiger partial charge < -0.3 is 11.1 Å². The van der Waals surface area contributed by atoms with E-state index in [0.717, 1.165) is 12.8 Å². The van der Waals surface area contributed by atoms with Crippen LogP contribution in [-0.4, -0.2) is 11.9 Å². The highest BCUT2D eigenvalue weighted by Crippen LogP contribution is 2.27. The molecule has 0 saturated heterocycles. The Bertz CT molecular complexity index is 441. The van der Waals surface area contributed by atoms with Gasteiger partial charge in [0.05, 0.1) is 5.56 Å². The SMILES string of the molecule is C[C@@H](NC(=O)c1cc(F)ccc1N)C1CCCC1. The zero-order valence-corrected chi connectivity index (χ0v) is 10.6. The van der Waals surface area contributed by atoms with Crippen LogP contribution in [0.2, 0.25) is 0 Å². The standard InChI is InChI=1S/C14H19FN2O/c1-9(10-4-2-3-5-10)17-14(18)12-8-11(15)6-7-13(12)16/h6-10H,2-5,16H2,1H3,(H,17,18)/t9-/m1/s1. The molecule has 4 heteroatoms. The van der Waals surface area contributed by atoms with E-state index < -0.39 is 5.82 Å². The number of hydrogen-bond donors (Lipinski definition) is 2. The third kappa shape index (κ3) is 2.81. The molecule has 1 saturated carbocycles. The van der Waals surface area contributed by atoms with Crippen LogP contribution in [0.4, 0.5) is 10.1 Å². The molecule has 1 aromatic carbocycles. The summed E-state index contributed by atoms with van der Waals surface area (Å²) in [5.74, 6) is -0.196. The molecule has 0 aliphatic heterocycles. The number of amides is 1. The molecule has 0 unspecified atom stereocenters. The van der Waals surface area contributed by atoms with Gasteiger partial charge in [0.25, 0.3) is 5.91 Å². The van der Waals surface area contributed by atoms with Crippen molar-refractivity contribution >= 4 is 11.6 Å². The summed E-state index contributed by atoms with van der Waals surface area (Å²) in [5.41, 5.74) is 6.23. The topological polar surface area (TPSA) is 55.1 Å². The Hall–Kier alpha value is -1.58. The number of nitrogens with one attached hydrogen (secondary N) is 1. The van der Waals surface area contributed by atoms with E-state index >= 15 is 0 Å². The molecule has 0 spiro atoms. The van der Waals surface area contributed by atoms with Crippen LogP contribution in [0, 0.1) is 11.7 Å². The molecule has 3 N–H and O–H groups in total. The number of hydrogen-bond acceptors (Lipinski definition) is 2. The highest BCUT2D eigenvalue weighted by molar-refractivity contribution is 5.99. The van der Waals surface area contributed by atoms with Gasteiger partial charge in [-0.05, 0) is 43.9 Å². The first-order valence-corrected chi connectivity index (χ1v) is 6.44. The molecule has 0 heterocycles. The number of rotatable bonds is 3. The lowest BCUT2D eigenvalue weighted by atomic mass is 9.99. The molecular weight excluding hydrogens is 231 g/mol. The lowest BCUT2D eigenvalue weighted by Crippen LogP contribution is -2.37. The van der Waals surface area contributed by atoms with E-state index in [1.54, 1.807) is 0 Å². The minimum absolute atomic E-state index is 0.114. The summed E-state index contributed by atoms with van der Waals surface area (Å²) in [6.45, 7) is 2.00. The Morgan fingerprint density at radius 2 is 2.11 bits per heavy atom. The van der Waals surface area contributed by atoms with Gasteiger partial charge in [0.2, 0.25) is 0 Å². The number of halogens is 1. The first kappa shape index (κ1) is 12.9. The van der Waals surface area contributed by atoms with Gasteiger partial charge in [-0.15, -0.1) is 0 Å². The second-order valence-electron chi connectivity index (χ2n) is 5.04. The van der Waals surface area contributed by atoms with E-state index in [2.05, 4.69) is 5.32 Å². The lowest BCUT2D eigenvalue weighted by Gasteiger charge is -2.20. The van der Waals surface area contributed by atoms with Gasteiger partial charge >= 0.3 is 0 Å². The van der Waals surface area contributed by atoms with Crippen LogP contribution in [0.5, 0.6) is 0 Å². The van der Waals surface area contributed by atoms with Crippen LogP contribution in [0.25, 0.3) is 0 Å². The summed E-state index contributed by atoms with van der Waals surface area (Å²) in [6.07, 6.45) is 4.76. The summed E-state index contributed by atoms with van der Waals surface area (Å²) in [5, 5.41) is 2.92. The van der Waals surface area contributed by atoms with E-state index in [4.69, 9.17) is 5.73 Å². The van der Waals surface area contributed by atoms with Crippen LogP contribution < -0.4 is 11.1 Å². The van der Waals surface area contributed by atoms with Crippen molar-refractivity contribution in [1.29, 1.82) is 0 Å². The molecule has 0 bridgehead atoms. The average molecular weight is 250 g/mol. The van der Waals surface area contributed by atoms with Crippen molar-refractivity contribution in [2.45, 2.75) is 38.6 Å². The maximum Gasteiger partial charge on any atom is 0.253 e. The van der Waals surface area contributed by atoms with E-state index in [0.29, 0.717) is 11.6 Å². The Kier molecular flexibility index (Phi) is 3.84. The van der Waals surface area contributed by atoms with E-state index in [-0.39, 0.29) is 17.5 Å². The number of nitrogen functional groups attached to an aromatic ring is 1. The van der Waals surface area contributed by atoms with Crippen LogP contribution in [0.3, 0.4) is 0 Å². The quantitative estimate of drug-likeness (QED) is 0.810. The van der Waals surface area contributed by atoms with Gasteiger partial charge in [-0.1, -0.05) is 12.8 Å². The van der Waals surface area contributed by atoms with E-state index in [9.17, 15) is 9.18 Å². The molecule has 0 aromatic heterocycles. The van der Waals surface area contributed by atoms with Gasteiger partial charge in [-0.3, -0.25) is 4.79 Å². The van der Waals surface area contributed by atoms with Crippen LogP contribution in [0.15, 0.2) is 18.2 Å². The van der Waals surface area contributed by atoms with Gasteiger partial charge in [0, 0.05) is 11.7 Å². The van der Waals surface area contributed by atoms with Crippen LogP contribution in [0.1, 0.15) is 43.0 Å². The highest BCUT2D eigenvalue weighted by atomic mass is 19.1. The molecule has 98 valence electrons. The molecule has 1 atom stereocenters. The van der Waals surface area contributed by atoms with Crippen molar-refractivity contribution < 1.29 is 9.18 Å². The van der Waals surface area contributed by atoms with Gasteiger partial charge in [0.1, 0.15) is 5.82 Å². The first-order chi connectivity index (χ1) is 8.58. The molecule has 18 heavy (non-hydrogen) atoms. The average Bonchev–Trinajstić information content (AvgIpc) is 2.85. The second-order valence-corrected chi connectivity index (χ2v) is 5.04. The number of anilines is 1. The minimum Gasteiger partial charge on any atom is -0.398 e. The molecule has 1 amide bonds. The molecule has 1 aromatic rings. The highest BCUT2D eigenvalue weighted by Gasteiger charge is 2.23. The predicted molar refractivity (Wildman–Crippen MR) is 69.7 cm³/mol. The fraction of sp³-hybridized carbons (Fsp3) is 0.500. The molecule has 1 fully saturated rings. The van der Waals surface area contributed by atoms with E-state index in [1.165, 1.54) is 31.0 Å². The fourth-order valence-corrected chi connectivity index (χ4v) is 2.58. The monoisotopic (exact) mass is 250 g/mol. The van der Waals surface area contributed by atoms with Crippen molar-refractivity contribution in [3.8, 4) is 0 Å². The number of carbonyl (C=O) groups excluding carboxylic acids is 1. The number of benzene rings is 1. The summed E-state index contributed by atoms with van der Waals surface area (Å²) in [6, 6.07) is 3.98. The molecule has 2 rings (SSSR count). The normalized spacial score (nSPS) is 17.7. The Morgan fingerprint density at radius 1 is 1.44 bits per heavy atom. The zero-order valence-electron chi connectivity index (χ0n) is 10.6.